The summed E-state index contributed by atoms with van der Waals surface area (Å²) in [5.74, 6) is 0.560. The first kappa shape index (κ1) is 16.8. The predicted octanol–water partition coefficient (Wildman–Crippen LogP) is 2.46. The molecule has 0 saturated carbocycles. The summed E-state index contributed by atoms with van der Waals surface area (Å²) in [5.41, 5.74) is 8.66. The van der Waals surface area contributed by atoms with E-state index in [1.54, 1.807) is 26.4 Å². The Morgan fingerprint density at radius 3 is 2.80 bits per heavy atom. The molecule has 2 heterocycles. The number of anilines is 1. The van der Waals surface area contributed by atoms with E-state index in [9.17, 15) is 4.79 Å². The van der Waals surface area contributed by atoms with Crippen molar-refractivity contribution in [2.24, 2.45) is 0 Å². The molecule has 0 aliphatic heterocycles. The molecule has 0 radical (unpaired) electrons. The number of amides is 1. The van der Waals surface area contributed by atoms with Crippen molar-refractivity contribution in [3.8, 4) is 16.9 Å². The quantitative estimate of drug-likeness (QED) is 0.744. The zero-order valence-electron chi connectivity index (χ0n) is 14.5. The second-order valence-corrected chi connectivity index (χ2v) is 5.65. The number of hydrogen-bond acceptors (Lipinski definition) is 5. The highest BCUT2D eigenvalue weighted by molar-refractivity contribution is 6.06. The number of nitrogens with zero attached hydrogens (tertiary/aromatic N) is 3. The Labute approximate surface area is 145 Å². The Morgan fingerprint density at radius 2 is 2.12 bits per heavy atom. The van der Waals surface area contributed by atoms with Crippen LogP contribution in [-0.4, -0.2) is 34.8 Å². The molecule has 3 aromatic rings. The van der Waals surface area contributed by atoms with Crippen LogP contribution in [0.2, 0.25) is 0 Å². The number of carbonyl (C=O) groups excluding carboxylic acids is 1. The van der Waals surface area contributed by atoms with Gasteiger partial charge >= 0.3 is 0 Å². The zero-order chi connectivity index (χ0) is 18.0. The molecule has 3 N–H and O–H groups in total. The van der Waals surface area contributed by atoms with Gasteiger partial charge in [-0.1, -0.05) is 13.0 Å². The highest BCUT2D eigenvalue weighted by atomic mass is 16.5. The standard InChI is InChI=1S/C18H21N5O2/c1-4-9-23-15-11(10-22-23)5-6-13(16(15)25-3)12-7-8-21-17(19)14(12)18(24)20-2/h5-8,10H,4,9H2,1-3H3,(H2,19,21)(H,20,24). The normalized spacial score (nSPS) is 10.8. The summed E-state index contributed by atoms with van der Waals surface area (Å²) in [4.78, 5) is 16.4. The van der Waals surface area contributed by atoms with Gasteiger partial charge in [0.15, 0.2) is 5.75 Å². The summed E-state index contributed by atoms with van der Waals surface area (Å²) in [6.07, 6.45) is 4.36. The van der Waals surface area contributed by atoms with Crippen LogP contribution in [0.5, 0.6) is 5.75 Å². The molecule has 0 spiro atoms. The maximum absolute atomic E-state index is 12.3. The fraction of sp³-hybridized carbons (Fsp3) is 0.278. The van der Waals surface area contributed by atoms with Crippen molar-refractivity contribution in [1.29, 1.82) is 0 Å². The van der Waals surface area contributed by atoms with Crippen LogP contribution in [0.3, 0.4) is 0 Å². The fourth-order valence-electron chi connectivity index (χ4n) is 3.01. The van der Waals surface area contributed by atoms with Gasteiger partial charge in [0, 0.05) is 36.3 Å². The molecule has 0 bridgehead atoms. The average molecular weight is 339 g/mol. The van der Waals surface area contributed by atoms with Crippen LogP contribution in [0, 0.1) is 0 Å². The third-order valence-electron chi connectivity index (χ3n) is 4.12. The van der Waals surface area contributed by atoms with Crippen molar-refractivity contribution in [2.75, 3.05) is 19.9 Å². The van der Waals surface area contributed by atoms with Crippen LogP contribution in [0.4, 0.5) is 5.82 Å². The number of carbonyl (C=O) groups is 1. The maximum Gasteiger partial charge on any atom is 0.255 e. The van der Waals surface area contributed by atoms with Gasteiger partial charge in [0.1, 0.15) is 11.3 Å². The van der Waals surface area contributed by atoms with Crippen molar-refractivity contribution < 1.29 is 9.53 Å². The first-order valence-corrected chi connectivity index (χ1v) is 8.11. The number of fused-ring (bicyclic) bond motifs is 1. The largest absolute Gasteiger partial charge is 0.494 e. The molecular formula is C18H21N5O2. The fourth-order valence-corrected chi connectivity index (χ4v) is 3.01. The molecule has 0 aliphatic carbocycles. The average Bonchev–Trinajstić information content (AvgIpc) is 3.03. The van der Waals surface area contributed by atoms with Crippen molar-refractivity contribution in [1.82, 2.24) is 20.1 Å². The number of aryl methyl sites for hydroxylation is 1. The van der Waals surface area contributed by atoms with Crippen LogP contribution in [0.25, 0.3) is 22.0 Å². The van der Waals surface area contributed by atoms with E-state index < -0.39 is 0 Å². The van der Waals surface area contributed by atoms with E-state index >= 15 is 0 Å². The van der Waals surface area contributed by atoms with Crippen LogP contribution >= 0.6 is 0 Å². The molecule has 25 heavy (non-hydrogen) atoms. The van der Waals surface area contributed by atoms with Gasteiger partial charge in [-0.05, 0) is 18.6 Å². The lowest BCUT2D eigenvalue weighted by Crippen LogP contribution is -2.21. The van der Waals surface area contributed by atoms with E-state index in [1.807, 2.05) is 23.0 Å². The molecule has 0 aliphatic rings. The van der Waals surface area contributed by atoms with Crippen molar-refractivity contribution in [3.63, 3.8) is 0 Å². The zero-order valence-corrected chi connectivity index (χ0v) is 14.5. The Kier molecular flexibility index (Phi) is 4.56. The number of nitrogens with two attached hydrogens (primary N) is 1. The Balaban J connectivity index is 2.32. The van der Waals surface area contributed by atoms with Crippen molar-refractivity contribution in [3.05, 3.63) is 36.2 Å². The number of pyridine rings is 1. The molecule has 3 rings (SSSR count). The lowest BCUT2D eigenvalue weighted by molar-refractivity contribution is 0.0964. The number of nitrogen functional groups attached to an aromatic ring is 1. The second-order valence-electron chi connectivity index (χ2n) is 5.65. The van der Waals surface area contributed by atoms with Crippen LogP contribution < -0.4 is 15.8 Å². The molecule has 0 atom stereocenters. The lowest BCUT2D eigenvalue weighted by atomic mass is 9.98. The van der Waals surface area contributed by atoms with E-state index in [2.05, 4.69) is 22.3 Å². The van der Waals surface area contributed by atoms with Gasteiger partial charge in [-0.15, -0.1) is 0 Å². The predicted molar refractivity (Wildman–Crippen MR) is 97.6 cm³/mol. The molecule has 0 saturated heterocycles. The summed E-state index contributed by atoms with van der Waals surface area (Å²) in [5, 5.41) is 8.04. The van der Waals surface area contributed by atoms with E-state index in [0.717, 1.165) is 29.4 Å². The Morgan fingerprint density at radius 1 is 1.32 bits per heavy atom. The van der Waals surface area contributed by atoms with Crippen molar-refractivity contribution >= 4 is 22.6 Å². The number of hydrogen-bond donors (Lipinski definition) is 2. The van der Waals surface area contributed by atoms with E-state index in [0.29, 0.717) is 16.9 Å². The highest BCUT2D eigenvalue weighted by Crippen LogP contribution is 2.39. The number of benzene rings is 1. The topological polar surface area (TPSA) is 95.1 Å². The smallest absolute Gasteiger partial charge is 0.255 e. The van der Waals surface area contributed by atoms with Crippen LogP contribution in [0.1, 0.15) is 23.7 Å². The summed E-state index contributed by atoms with van der Waals surface area (Å²) >= 11 is 0. The SMILES string of the molecule is CCCn1ncc2ccc(-c3ccnc(N)c3C(=O)NC)c(OC)c21. The molecule has 2 aromatic heterocycles. The summed E-state index contributed by atoms with van der Waals surface area (Å²) in [7, 11) is 3.18. The molecule has 0 unspecified atom stereocenters. The molecule has 0 fully saturated rings. The lowest BCUT2D eigenvalue weighted by Gasteiger charge is -2.15. The van der Waals surface area contributed by atoms with E-state index in [-0.39, 0.29) is 11.7 Å². The number of nitrogens with one attached hydrogen (secondary N) is 1. The first-order chi connectivity index (χ1) is 12.1. The third-order valence-corrected chi connectivity index (χ3v) is 4.12. The van der Waals surface area contributed by atoms with Gasteiger partial charge in [-0.2, -0.15) is 5.10 Å². The molecule has 1 aromatic carbocycles. The van der Waals surface area contributed by atoms with Gasteiger partial charge in [-0.3, -0.25) is 9.48 Å². The number of ether oxygens (including phenoxy) is 1. The van der Waals surface area contributed by atoms with Crippen molar-refractivity contribution in [2.45, 2.75) is 19.9 Å². The number of methoxy groups -OCH3 is 1. The minimum absolute atomic E-state index is 0.182. The minimum atomic E-state index is -0.287. The Hall–Kier alpha value is -3.09. The summed E-state index contributed by atoms with van der Waals surface area (Å²) < 4.78 is 7.63. The van der Waals surface area contributed by atoms with Crippen LogP contribution in [-0.2, 0) is 6.54 Å². The molecule has 130 valence electrons. The minimum Gasteiger partial charge on any atom is -0.494 e. The van der Waals surface area contributed by atoms with Gasteiger partial charge < -0.3 is 15.8 Å². The summed E-state index contributed by atoms with van der Waals surface area (Å²) in [6.45, 7) is 2.88. The van der Waals surface area contributed by atoms with Gasteiger partial charge in [-0.25, -0.2) is 4.98 Å². The molecular weight excluding hydrogens is 318 g/mol. The number of rotatable bonds is 5. The first-order valence-electron chi connectivity index (χ1n) is 8.11. The van der Waals surface area contributed by atoms with E-state index in [4.69, 9.17) is 10.5 Å². The monoisotopic (exact) mass is 339 g/mol. The van der Waals surface area contributed by atoms with E-state index in [1.165, 1.54) is 0 Å². The third kappa shape index (κ3) is 2.77. The molecule has 7 nitrogen and oxygen atoms in total. The number of aromatic nitrogens is 3. The second kappa shape index (κ2) is 6.80. The highest BCUT2D eigenvalue weighted by Gasteiger charge is 2.21. The Bertz CT molecular complexity index is 933. The molecule has 1 amide bonds. The van der Waals surface area contributed by atoms with Gasteiger partial charge in [0.05, 0.1) is 18.9 Å². The van der Waals surface area contributed by atoms with Gasteiger partial charge in [0.2, 0.25) is 0 Å². The van der Waals surface area contributed by atoms with Crippen LogP contribution in [0.15, 0.2) is 30.6 Å². The molecule has 7 heteroatoms. The summed E-state index contributed by atoms with van der Waals surface area (Å²) in [6, 6.07) is 5.65. The van der Waals surface area contributed by atoms with Gasteiger partial charge in [0.25, 0.3) is 5.91 Å². The maximum atomic E-state index is 12.3.